The minimum atomic E-state index is -1.06. The zero-order valence-corrected chi connectivity index (χ0v) is 10.0. The first kappa shape index (κ1) is 11.6. The van der Waals surface area contributed by atoms with Gasteiger partial charge in [0.25, 0.3) is 17.7 Å². The van der Waals surface area contributed by atoms with Gasteiger partial charge in [-0.25, -0.2) is 0 Å². The predicted octanol–water partition coefficient (Wildman–Crippen LogP) is -0.0563. The van der Waals surface area contributed by atoms with Gasteiger partial charge in [-0.05, 0) is 12.1 Å². The molecule has 2 aliphatic rings. The lowest BCUT2D eigenvalue weighted by Gasteiger charge is -2.21. The maximum Gasteiger partial charge on any atom is 0.262 e. The van der Waals surface area contributed by atoms with Crippen molar-refractivity contribution in [3.63, 3.8) is 0 Å². The number of amides is 4. The second-order valence-electron chi connectivity index (χ2n) is 4.61. The van der Waals surface area contributed by atoms with E-state index in [0.717, 1.165) is 4.90 Å². The number of carbonyl (C=O) groups is 4. The van der Waals surface area contributed by atoms with E-state index in [2.05, 4.69) is 5.32 Å². The maximum absolute atomic E-state index is 12.2. The van der Waals surface area contributed by atoms with Crippen molar-refractivity contribution >= 4 is 23.6 Å². The summed E-state index contributed by atoms with van der Waals surface area (Å²) in [7, 11) is 0. The van der Waals surface area contributed by atoms with E-state index >= 15 is 0 Å². The molecule has 0 radical (unpaired) electrons. The molecule has 0 saturated carbocycles. The highest BCUT2D eigenvalue weighted by atomic mass is 16.2. The number of nitrogens with zero attached hydrogens (tertiary/aromatic N) is 1. The smallest absolute Gasteiger partial charge is 0.262 e. The van der Waals surface area contributed by atoms with E-state index in [0.29, 0.717) is 0 Å². The second-order valence-corrected chi connectivity index (χ2v) is 4.61. The normalized spacial score (nSPS) is 25.8. The lowest BCUT2D eigenvalue weighted by Crippen LogP contribution is -2.46. The van der Waals surface area contributed by atoms with Crippen molar-refractivity contribution in [3.8, 4) is 0 Å². The minimum absolute atomic E-state index is 0.270. The molecule has 3 rings (SSSR count). The van der Waals surface area contributed by atoms with Gasteiger partial charge in [-0.1, -0.05) is 19.1 Å². The summed E-state index contributed by atoms with van der Waals surface area (Å²) in [4.78, 5) is 48.5. The number of rotatable bonds is 1. The Balaban J connectivity index is 2.05. The molecule has 0 bridgehead atoms. The van der Waals surface area contributed by atoms with Crippen LogP contribution in [0.1, 0.15) is 27.6 Å². The van der Waals surface area contributed by atoms with E-state index < -0.39 is 35.6 Å². The maximum atomic E-state index is 12.2. The summed E-state index contributed by atoms with van der Waals surface area (Å²) in [5, 5.41) is 2.14. The van der Waals surface area contributed by atoms with E-state index in [1.54, 1.807) is 12.1 Å². The van der Waals surface area contributed by atoms with Crippen LogP contribution in [0.15, 0.2) is 24.3 Å². The zero-order chi connectivity index (χ0) is 13.7. The van der Waals surface area contributed by atoms with Crippen molar-refractivity contribution < 1.29 is 19.2 Å². The predicted molar refractivity (Wildman–Crippen MR) is 63.0 cm³/mol. The van der Waals surface area contributed by atoms with Gasteiger partial charge in [0, 0.05) is 0 Å². The molecule has 1 N–H and O–H groups in total. The first-order valence-corrected chi connectivity index (χ1v) is 5.84. The molecule has 0 aliphatic carbocycles. The summed E-state index contributed by atoms with van der Waals surface area (Å²) in [6.45, 7) is 1.52. The highest BCUT2D eigenvalue weighted by Crippen LogP contribution is 2.29. The molecule has 2 atom stereocenters. The average molecular weight is 258 g/mol. The number of hydrogen-bond acceptors (Lipinski definition) is 4. The standard InChI is InChI=1S/C13H10N2O4/c1-6-9(11(17)14-10(6)16)15-12(18)7-4-2-3-5-8(7)13(15)19/h2-6,9H,1H3,(H,14,16,17). The average Bonchev–Trinajstić information content (AvgIpc) is 2.78. The van der Waals surface area contributed by atoms with Crippen molar-refractivity contribution in [1.29, 1.82) is 0 Å². The van der Waals surface area contributed by atoms with Crippen LogP contribution in [-0.4, -0.2) is 34.6 Å². The summed E-state index contributed by atoms with van der Waals surface area (Å²) < 4.78 is 0. The topological polar surface area (TPSA) is 83.6 Å². The molecule has 1 saturated heterocycles. The molecule has 1 aromatic carbocycles. The summed E-state index contributed by atoms with van der Waals surface area (Å²) in [6.07, 6.45) is 0. The van der Waals surface area contributed by atoms with Gasteiger partial charge in [0.2, 0.25) is 5.91 Å². The second kappa shape index (κ2) is 3.74. The van der Waals surface area contributed by atoms with Gasteiger partial charge in [-0.3, -0.25) is 29.4 Å². The van der Waals surface area contributed by atoms with Crippen LogP contribution < -0.4 is 5.32 Å². The molecule has 4 amide bonds. The van der Waals surface area contributed by atoms with Gasteiger partial charge in [-0.15, -0.1) is 0 Å². The molecule has 0 spiro atoms. The fraction of sp³-hybridized carbons (Fsp3) is 0.231. The van der Waals surface area contributed by atoms with Gasteiger partial charge in [-0.2, -0.15) is 0 Å². The highest BCUT2D eigenvalue weighted by molar-refractivity contribution is 6.24. The monoisotopic (exact) mass is 258 g/mol. The van der Waals surface area contributed by atoms with Crippen molar-refractivity contribution in [1.82, 2.24) is 10.2 Å². The summed E-state index contributed by atoms with van der Waals surface area (Å²) in [6, 6.07) is 5.32. The van der Waals surface area contributed by atoms with Crippen LogP contribution in [0.3, 0.4) is 0 Å². The van der Waals surface area contributed by atoms with Gasteiger partial charge in [0.15, 0.2) is 0 Å². The van der Waals surface area contributed by atoms with E-state index in [9.17, 15) is 19.2 Å². The molecule has 6 heteroatoms. The van der Waals surface area contributed by atoms with Crippen molar-refractivity contribution in [3.05, 3.63) is 35.4 Å². The number of benzene rings is 1. The number of hydrogen-bond donors (Lipinski definition) is 1. The van der Waals surface area contributed by atoms with Crippen LogP contribution in [0.2, 0.25) is 0 Å². The third kappa shape index (κ3) is 1.43. The Kier molecular flexibility index (Phi) is 2.28. The van der Waals surface area contributed by atoms with Crippen LogP contribution in [-0.2, 0) is 9.59 Å². The number of carbonyl (C=O) groups excluding carboxylic acids is 4. The van der Waals surface area contributed by atoms with Crippen molar-refractivity contribution in [2.75, 3.05) is 0 Å². The third-order valence-electron chi connectivity index (χ3n) is 3.51. The van der Waals surface area contributed by atoms with Gasteiger partial charge in [0.1, 0.15) is 6.04 Å². The molecule has 0 aromatic heterocycles. The molecule has 19 heavy (non-hydrogen) atoms. The number of imide groups is 2. The van der Waals surface area contributed by atoms with Crippen LogP contribution in [0.4, 0.5) is 0 Å². The SMILES string of the molecule is CC1C(=O)NC(=O)C1N1C(=O)c2ccccc2C1=O. The van der Waals surface area contributed by atoms with Gasteiger partial charge < -0.3 is 0 Å². The van der Waals surface area contributed by atoms with Gasteiger partial charge in [0.05, 0.1) is 17.0 Å². The molecule has 2 heterocycles. The Morgan fingerprint density at radius 3 is 1.89 bits per heavy atom. The number of fused-ring (bicyclic) bond motifs is 1. The fourth-order valence-electron chi connectivity index (χ4n) is 2.48. The first-order valence-electron chi connectivity index (χ1n) is 5.84. The Bertz CT molecular complexity index is 602. The Morgan fingerprint density at radius 1 is 0.947 bits per heavy atom. The minimum Gasteiger partial charge on any atom is -0.294 e. The molecule has 2 aliphatic heterocycles. The van der Waals surface area contributed by atoms with Crippen LogP contribution >= 0.6 is 0 Å². The van der Waals surface area contributed by atoms with E-state index in [-0.39, 0.29) is 11.1 Å². The molecular formula is C13H10N2O4. The van der Waals surface area contributed by atoms with E-state index in [4.69, 9.17) is 0 Å². The molecule has 1 fully saturated rings. The molecule has 96 valence electrons. The molecule has 2 unspecified atom stereocenters. The zero-order valence-electron chi connectivity index (χ0n) is 10.0. The first-order chi connectivity index (χ1) is 9.02. The van der Waals surface area contributed by atoms with Crippen molar-refractivity contribution in [2.45, 2.75) is 13.0 Å². The van der Waals surface area contributed by atoms with Crippen LogP contribution in [0.5, 0.6) is 0 Å². The van der Waals surface area contributed by atoms with Gasteiger partial charge >= 0.3 is 0 Å². The summed E-state index contributed by atoms with van der Waals surface area (Å²) in [5.74, 6) is -2.85. The quantitative estimate of drug-likeness (QED) is 0.715. The largest absolute Gasteiger partial charge is 0.294 e. The molecule has 1 aromatic rings. The highest BCUT2D eigenvalue weighted by Gasteiger charge is 2.50. The van der Waals surface area contributed by atoms with Crippen LogP contribution in [0.25, 0.3) is 0 Å². The van der Waals surface area contributed by atoms with Crippen LogP contribution in [0, 0.1) is 5.92 Å². The van der Waals surface area contributed by atoms with E-state index in [1.165, 1.54) is 19.1 Å². The molecular weight excluding hydrogens is 248 g/mol. The lowest BCUT2D eigenvalue weighted by molar-refractivity contribution is -0.126. The lowest BCUT2D eigenvalue weighted by atomic mass is 10.0. The molecule has 6 nitrogen and oxygen atoms in total. The Hall–Kier alpha value is -2.50. The number of nitrogens with one attached hydrogen (secondary N) is 1. The summed E-state index contributed by atoms with van der Waals surface area (Å²) >= 11 is 0. The Labute approximate surface area is 108 Å². The van der Waals surface area contributed by atoms with E-state index in [1.807, 2.05) is 0 Å². The Morgan fingerprint density at radius 2 is 1.47 bits per heavy atom. The summed E-state index contributed by atoms with van der Waals surface area (Å²) in [5.41, 5.74) is 0.540. The third-order valence-corrected chi connectivity index (χ3v) is 3.51. The van der Waals surface area contributed by atoms with Crippen molar-refractivity contribution in [2.24, 2.45) is 5.92 Å². The fourth-order valence-corrected chi connectivity index (χ4v) is 2.48.